The number of rotatable bonds is 2. The van der Waals surface area contributed by atoms with Crippen molar-refractivity contribution in [3.05, 3.63) is 34.1 Å². The van der Waals surface area contributed by atoms with Gasteiger partial charge < -0.3 is 0 Å². The van der Waals surface area contributed by atoms with Gasteiger partial charge in [-0.1, -0.05) is 0 Å². The van der Waals surface area contributed by atoms with Crippen molar-refractivity contribution >= 4 is 5.69 Å². The van der Waals surface area contributed by atoms with Gasteiger partial charge in [-0.3, -0.25) is 15.1 Å². The van der Waals surface area contributed by atoms with Crippen molar-refractivity contribution < 1.29 is 4.92 Å². The summed E-state index contributed by atoms with van der Waals surface area (Å²) in [7, 11) is 0. The molecule has 0 spiro atoms. The molecule has 1 fully saturated rings. The zero-order chi connectivity index (χ0) is 8.55. The van der Waals surface area contributed by atoms with Crippen molar-refractivity contribution in [2.24, 2.45) is 0 Å². The Kier molecular flexibility index (Phi) is 1.53. The number of hydrogen-bond acceptors (Lipinski definition) is 3. The van der Waals surface area contributed by atoms with Crippen LogP contribution in [-0.2, 0) is 0 Å². The fourth-order valence-electron chi connectivity index (χ4n) is 1.15. The summed E-state index contributed by atoms with van der Waals surface area (Å²) in [4.78, 5) is 14.1. The zero-order valence-electron chi connectivity index (χ0n) is 6.43. The highest BCUT2D eigenvalue weighted by Crippen LogP contribution is 2.39. The lowest BCUT2D eigenvalue weighted by atomic mass is 10.2. The summed E-state index contributed by atoms with van der Waals surface area (Å²) in [5.41, 5.74) is 1.01. The highest BCUT2D eigenvalue weighted by atomic mass is 16.6. The minimum absolute atomic E-state index is 0.145. The average Bonchev–Trinajstić information content (AvgIpc) is 2.87. The van der Waals surface area contributed by atoms with Crippen LogP contribution < -0.4 is 0 Å². The topological polar surface area (TPSA) is 56.0 Å². The van der Waals surface area contributed by atoms with Gasteiger partial charge in [-0.05, 0) is 12.8 Å². The predicted octanol–water partition coefficient (Wildman–Crippen LogP) is 1.87. The van der Waals surface area contributed by atoms with E-state index in [-0.39, 0.29) is 10.6 Å². The van der Waals surface area contributed by atoms with E-state index in [1.54, 1.807) is 6.07 Å². The van der Waals surface area contributed by atoms with E-state index in [2.05, 4.69) is 4.98 Å². The lowest BCUT2D eigenvalue weighted by Gasteiger charge is -1.95. The quantitative estimate of drug-likeness (QED) is 0.495. The molecule has 12 heavy (non-hydrogen) atoms. The molecule has 0 amide bonds. The summed E-state index contributed by atoms with van der Waals surface area (Å²) in [6, 6.07) is 2.99. The largest absolute Gasteiger partial charge is 0.272 e. The van der Waals surface area contributed by atoms with E-state index in [0.717, 1.165) is 18.5 Å². The molecule has 4 heteroatoms. The summed E-state index contributed by atoms with van der Waals surface area (Å²) in [5, 5.41) is 10.4. The monoisotopic (exact) mass is 164 g/mol. The van der Waals surface area contributed by atoms with Crippen LogP contribution in [0, 0.1) is 10.1 Å². The van der Waals surface area contributed by atoms with Gasteiger partial charge in [0.15, 0.2) is 0 Å². The minimum Gasteiger partial charge on any atom is -0.260 e. The third kappa shape index (κ3) is 1.28. The first kappa shape index (κ1) is 7.21. The molecule has 1 aromatic rings. The van der Waals surface area contributed by atoms with Gasteiger partial charge in [0.1, 0.15) is 0 Å². The standard InChI is InChI=1S/C8H8N2O2/c11-10(12)7-3-4-9-8(5-7)6-1-2-6/h3-6H,1-2H2. The molecule has 0 bridgehead atoms. The van der Waals surface area contributed by atoms with Gasteiger partial charge in [0.2, 0.25) is 0 Å². The van der Waals surface area contributed by atoms with Crippen molar-refractivity contribution in [1.82, 2.24) is 4.98 Å². The molecule has 0 saturated heterocycles. The van der Waals surface area contributed by atoms with Gasteiger partial charge in [0.25, 0.3) is 5.69 Å². The maximum Gasteiger partial charge on any atom is 0.272 e. The summed E-state index contributed by atoms with van der Waals surface area (Å²) in [6.45, 7) is 0. The fourth-order valence-corrected chi connectivity index (χ4v) is 1.15. The maximum absolute atomic E-state index is 10.4. The Morgan fingerprint density at radius 1 is 1.58 bits per heavy atom. The lowest BCUT2D eigenvalue weighted by Crippen LogP contribution is -1.91. The summed E-state index contributed by atoms with van der Waals surface area (Å²) in [5.74, 6) is 0.477. The molecule has 0 N–H and O–H groups in total. The van der Waals surface area contributed by atoms with Crippen LogP contribution >= 0.6 is 0 Å². The van der Waals surface area contributed by atoms with Crippen LogP contribution in [0.3, 0.4) is 0 Å². The van der Waals surface area contributed by atoms with Gasteiger partial charge in [0, 0.05) is 24.2 Å². The first-order chi connectivity index (χ1) is 5.77. The number of nitrogens with zero attached hydrogens (tertiary/aromatic N) is 2. The number of nitro groups is 1. The van der Waals surface area contributed by atoms with Crippen molar-refractivity contribution in [1.29, 1.82) is 0 Å². The molecular formula is C8H8N2O2. The average molecular weight is 164 g/mol. The van der Waals surface area contributed by atoms with Crippen molar-refractivity contribution in [3.8, 4) is 0 Å². The second-order valence-corrected chi connectivity index (χ2v) is 2.97. The number of aromatic nitrogens is 1. The van der Waals surface area contributed by atoms with E-state index < -0.39 is 0 Å². The van der Waals surface area contributed by atoms with E-state index in [1.807, 2.05) is 0 Å². The zero-order valence-corrected chi connectivity index (χ0v) is 6.43. The second-order valence-electron chi connectivity index (χ2n) is 2.97. The molecular weight excluding hydrogens is 156 g/mol. The molecule has 0 unspecified atom stereocenters. The second kappa shape index (κ2) is 2.55. The van der Waals surface area contributed by atoms with E-state index in [9.17, 15) is 10.1 Å². The molecule has 1 aromatic heterocycles. The Morgan fingerprint density at radius 3 is 2.92 bits per heavy atom. The van der Waals surface area contributed by atoms with Gasteiger partial charge in [0.05, 0.1) is 10.6 Å². The van der Waals surface area contributed by atoms with Crippen LogP contribution in [0.4, 0.5) is 5.69 Å². The van der Waals surface area contributed by atoms with E-state index >= 15 is 0 Å². The molecule has 0 radical (unpaired) electrons. The van der Waals surface area contributed by atoms with Gasteiger partial charge >= 0.3 is 0 Å². The first-order valence-electron chi connectivity index (χ1n) is 3.88. The highest BCUT2D eigenvalue weighted by molar-refractivity contribution is 5.32. The molecule has 1 aliphatic rings. The SMILES string of the molecule is O=[N+]([O-])c1ccnc(C2CC2)c1. The molecule has 0 atom stereocenters. The number of hydrogen-bond donors (Lipinski definition) is 0. The first-order valence-corrected chi connectivity index (χ1v) is 3.88. The minimum atomic E-state index is -0.381. The molecule has 0 aromatic carbocycles. The van der Waals surface area contributed by atoms with Crippen LogP contribution in [0.25, 0.3) is 0 Å². The lowest BCUT2D eigenvalue weighted by molar-refractivity contribution is -0.385. The normalized spacial score (nSPS) is 16.0. The van der Waals surface area contributed by atoms with E-state index in [1.165, 1.54) is 12.3 Å². The van der Waals surface area contributed by atoms with Crippen LogP contribution in [-0.4, -0.2) is 9.91 Å². The van der Waals surface area contributed by atoms with Crippen molar-refractivity contribution in [3.63, 3.8) is 0 Å². The van der Waals surface area contributed by atoms with E-state index in [0.29, 0.717) is 5.92 Å². The Bertz CT molecular complexity index is 321. The molecule has 2 rings (SSSR count). The third-order valence-corrected chi connectivity index (χ3v) is 1.97. The van der Waals surface area contributed by atoms with Crippen LogP contribution in [0.2, 0.25) is 0 Å². The van der Waals surface area contributed by atoms with Gasteiger partial charge in [-0.25, -0.2) is 0 Å². The Morgan fingerprint density at radius 2 is 2.33 bits per heavy atom. The maximum atomic E-state index is 10.4. The summed E-state index contributed by atoms with van der Waals surface area (Å²) < 4.78 is 0. The van der Waals surface area contributed by atoms with Gasteiger partial charge in [-0.15, -0.1) is 0 Å². The van der Waals surface area contributed by atoms with Crippen LogP contribution in [0.15, 0.2) is 18.3 Å². The Labute approximate surface area is 69.4 Å². The highest BCUT2D eigenvalue weighted by Gasteiger charge is 2.26. The molecule has 62 valence electrons. The summed E-state index contributed by atoms with van der Waals surface area (Å²) in [6.07, 6.45) is 3.74. The molecule has 1 heterocycles. The predicted molar refractivity (Wildman–Crippen MR) is 42.9 cm³/mol. The van der Waals surface area contributed by atoms with E-state index in [4.69, 9.17) is 0 Å². The molecule has 1 aliphatic carbocycles. The van der Waals surface area contributed by atoms with Crippen molar-refractivity contribution in [2.75, 3.05) is 0 Å². The van der Waals surface area contributed by atoms with Crippen LogP contribution in [0.1, 0.15) is 24.5 Å². The van der Waals surface area contributed by atoms with Crippen molar-refractivity contribution in [2.45, 2.75) is 18.8 Å². The summed E-state index contributed by atoms with van der Waals surface area (Å²) >= 11 is 0. The molecule has 4 nitrogen and oxygen atoms in total. The fraction of sp³-hybridized carbons (Fsp3) is 0.375. The number of pyridine rings is 1. The Hall–Kier alpha value is -1.45. The smallest absolute Gasteiger partial charge is 0.260 e. The molecule has 1 saturated carbocycles. The molecule has 0 aliphatic heterocycles. The van der Waals surface area contributed by atoms with Crippen LogP contribution in [0.5, 0.6) is 0 Å². The Balaban J connectivity index is 2.32. The third-order valence-electron chi connectivity index (χ3n) is 1.97. The van der Waals surface area contributed by atoms with Gasteiger partial charge in [-0.2, -0.15) is 0 Å².